The van der Waals surface area contributed by atoms with Gasteiger partial charge in [0.25, 0.3) is 11.5 Å². The van der Waals surface area contributed by atoms with E-state index in [-0.39, 0.29) is 17.2 Å². The van der Waals surface area contributed by atoms with Crippen molar-refractivity contribution in [1.82, 2.24) is 15.1 Å². The number of nitrogens with one attached hydrogen (secondary N) is 2. The van der Waals surface area contributed by atoms with Gasteiger partial charge in [-0.15, -0.1) is 0 Å². The third kappa shape index (κ3) is 2.63. The third-order valence-electron chi connectivity index (χ3n) is 2.44. The summed E-state index contributed by atoms with van der Waals surface area (Å²) in [7, 11) is 1.70. The summed E-state index contributed by atoms with van der Waals surface area (Å²) in [4.78, 5) is 24.4. The lowest BCUT2D eigenvalue weighted by molar-refractivity contribution is 0.0779. The molecule has 0 saturated carbocycles. The van der Waals surface area contributed by atoms with Gasteiger partial charge in [0.15, 0.2) is 0 Å². The van der Waals surface area contributed by atoms with Crippen molar-refractivity contribution in [2.45, 2.75) is 6.54 Å². The molecule has 88 valence electrons. The minimum absolute atomic E-state index is 0.216. The standard InChI is InChI=1S/C12H13N3O2/c1-15(8-9-5-3-2-4-6-9)12(17)10-7-11(16)14-13-10/h2-7H,8H2,1H3,(H2,13,14,16). The second-order valence-corrected chi connectivity index (χ2v) is 3.82. The Bertz CT molecular complexity index is 556. The van der Waals surface area contributed by atoms with Gasteiger partial charge in [0.2, 0.25) is 0 Å². The van der Waals surface area contributed by atoms with Gasteiger partial charge in [-0.25, -0.2) is 0 Å². The van der Waals surface area contributed by atoms with E-state index in [1.54, 1.807) is 11.9 Å². The molecule has 0 spiro atoms. The molecule has 5 nitrogen and oxygen atoms in total. The number of nitrogens with zero attached hydrogens (tertiary/aromatic N) is 1. The fraction of sp³-hybridized carbons (Fsp3) is 0.167. The maximum absolute atomic E-state index is 11.9. The molecule has 0 aliphatic heterocycles. The fourth-order valence-corrected chi connectivity index (χ4v) is 1.58. The average molecular weight is 231 g/mol. The SMILES string of the molecule is CN(Cc1ccccc1)C(=O)c1cc(=O)[nH][nH]1. The Hall–Kier alpha value is -2.30. The van der Waals surface area contributed by atoms with Crippen molar-refractivity contribution in [2.24, 2.45) is 0 Å². The molecule has 1 heterocycles. The minimum atomic E-state index is -0.304. The Labute approximate surface area is 98.1 Å². The average Bonchev–Trinajstić information content (AvgIpc) is 2.76. The zero-order valence-electron chi connectivity index (χ0n) is 9.43. The number of carbonyl (C=O) groups excluding carboxylic acids is 1. The van der Waals surface area contributed by atoms with Crippen molar-refractivity contribution in [3.63, 3.8) is 0 Å². The first-order valence-electron chi connectivity index (χ1n) is 5.24. The second kappa shape index (κ2) is 4.69. The normalized spacial score (nSPS) is 10.2. The van der Waals surface area contributed by atoms with Gasteiger partial charge in [-0.3, -0.25) is 19.8 Å². The number of hydrogen-bond acceptors (Lipinski definition) is 2. The van der Waals surface area contributed by atoms with Gasteiger partial charge in [-0.1, -0.05) is 30.3 Å². The largest absolute Gasteiger partial charge is 0.336 e. The predicted molar refractivity (Wildman–Crippen MR) is 63.7 cm³/mol. The van der Waals surface area contributed by atoms with E-state index in [2.05, 4.69) is 10.2 Å². The molecule has 2 rings (SSSR count). The highest BCUT2D eigenvalue weighted by atomic mass is 16.2. The predicted octanol–water partition coefficient (Wildman–Crippen LogP) is 0.975. The molecule has 2 aromatic rings. The van der Waals surface area contributed by atoms with Crippen LogP contribution in [0, 0.1) is 0 Å². The van der Waals surface area contributed by atoms with Crippen LogP contribution in [0.2, 0.25) is 0 Å². The Morgan fingerprint density at radius 3 is 2.53 bits per heavy atom. The summed E-state index contributed by atoms with van der Waals surface area (Å²) in [5.41, 5.74) is 1.01. The first-order valence-corrected chi connectivity index (χ1v) is 5.24. The van der Waals surface area contributed by atoms with Crippen LogP contribution in [0.3, 0.4) is 0 Å². The Kier molecular flexibility index (Phi) is 3.09. The van der Waals surface area contributed by atoms with E-state index in [1.807, 2.05) is 30.3 Å². The number of benzene rings is 1. The summed E-state index contributed by atoms with van der Waals surface area (Å²) in [6.45, 7) is 0.507. The molecule has 0 fully saturated rings. The number of rotatable bonds is 3. The zero-order valence-corrected chi connectivity index (χ0v) is 9.43. The number of H-pyrrole nitrogens is 2. The quantitative estimate of drug-likeness (QED) is 0.826. The molecule has 2 N–H and O–H groups in total. The maximum Gasteiger partial charge on any atom is 0.271 e. The van der Waals surface area contributed by atoms with Crippen LogP contribution in [0.5, 0.6) is 0 Å². The molecule has 0 aliphatic rings. The first-order chi connectivity index (χ1) is 8.16. The van der Waals surface area contributed by atoms with Crippen molar-refractivity contribution in [1.29, 1.82) is 0 Å². The van der Waals surface area contributed by atoms with Crippen molar-refractivity contribution in [3.8, 4) is 0 Å². The molecule has 0 atom stereocenters. The zero-order chi connectivity index (χ0) is 12.3. The van der Waals surface area contributed by atoms with Crippen molar-refractivity contribution in [2.75, 3.05) is 7.05 Å². The molecule has 0 radical (unpaired) electrons. The lowest BCUT2D eigenvalue weighted by Gasteiger charge is -2.15. The molecule has 0 saturated heterocycles. The minimum Gasteiger partial charge on any atom is -0.336 e. The molecular formula is C12H13N3O2. The topological polar surface area (TPSA) is 69.0 Å². The summed E-state index contributed by atoms with van der Waals surface area (Å²) >= 11 is 0. The highest BCUT2D eigenvalue weighted by molar-refractivity contribution is 5.91. The fourth-order valence-electron chi connectivity index (χ4n) is 1.58. The Morgan fingerprint density at radius 1 is 1.24 bits per heavy atom. The monoisotopic (exact) mass is 231 g/mol. The van der Waals surface area contributed by atoms with Gasteiger partial charge in [-0.2, -0.15) is 0 Å². The summed E-state index contributed by atoms with van der Waals surface area (Å²) in [6.07, 6.45) is 0. The summed E-state index contributed by atoms with van der Waals surface area (Å²) in [5.74, 6) is -0.216. The Morgan fingerprint density at radius 2 is 1.94 bits per heavy atom. The Balaban J connectivity index is 2.08. The molecule has 5 heteroatoms. The van der Waals surface area contributed by atoms with E-state index < -0.39 is 0 Å². The van der Waals surface area contributed by atoms with Crippen molar-refractivity contribution in [3.05, 3.63) is 58.0 Å². The lowest BCUT2D eigenvalue weighted by Crippen LogP contribution is -2.26. The molecule has 0 aliphatic carbocycles. The van der Waals surface area contributed by atoms with Gasteiger partial charge in [-0.05, 0) is 5.56 Å². The van der Waals surface area contributed by atoms with E-state index in [4.69, 9.17) is 0 Å². The number of carbonyl (C=O) groups is 1. The number of aromatic amines is 2. The molecule has 0 unspecified atom stereocenters. The van der Waals surface area contributed by atoms with E-state index in [0.29, 0.717) is 6.54 Å². The van der Waals surface area contributed by atoms with Gasteiger partial charge < -0.3 is 4.90 Å². The maximum atomic E-state index is 11.9. The van der Waals surface area contributed by atoms with Crippen molar-refractivity contribution >= 4 is 5.91 Å². The molecule has 17 heavy (non-hydrogen) atoms. The summed E-state index contributed by atoms with van der Waals surface area (Å²) in [5, 5.41) is 4.88. The highest BCUT2D eigenvalue weighted by Gasteiger charge is 2.13. The highest BCUT2D eigenvalue weighted by Crippen LogP contribution is 2.05. The van der Waals surface area contributed by atoms with Crippen LogP contribution in [0.15, 0.2) is 41.2 Å². The number of amides is 1. The molecule has 1 aromatic carbocycles. The van der Waals surface area contributed by atoms with Gasteiger partial charge in [0.05, 0.1) is 0 Å². The number of hydrogen-bond donors (Lipinski definition) is 2. The molecular weight excluding hydrogens is 218 g/mol. The third-order valence-corrected chi connectivity index (χ3v) is 2.44. The van der Waals surface area contributed by atoms with Crippen LogP contribution in [-0.2, 0) is 6.54 Å². The van der Waals surface area contributed by atoms with E-state index >= 15 is 0 Å². The van der Waals surface area contributed by atoms with Crippen LogP contribution in [-0.4, -0.2) is 28.1 Å². The lowest BCUT2D eigenvalue weighted by atomic mass is 10.2. The van der Waals surface area contributed by atoms with E-state index in [0.717, 1.165) is 5.56 Å². The van der Waals surface area contributed by atoms with Gasteiger partial charge in [0, 0.05) is 19.7 Å². The van der Waals surface area contributed by atoms with Crippen LogP contribution in [0.1, 0.15) is 16.1 Å². The summed E-state index contributed by atoms with van der Waals surface area (Å²) < 4.78 is 0. The molecule has 1 aromatic heterocycles. The van der Waals surface area contributed by atoms with Crippen LogP contribution in [0.25, 0.3) is 0 Å². The van der Waals surface area contributed by atoms with E-state index in [1.165, 1.54) is 6.07 Å². The first kappa shape index (κ1) is 11.2. The van der Waals surface area contributed by atoms with Crippen LogP contribution in [0.4, 0.5) is 0 Å². The van der Waals surface area contributed by atoms with Crippen LogP contribution >= 0.6 is 0 Å². The van der Waals surface area contributed by atoms with E-state index in [9.17, 15) is 9.59 Å². The van der Waals surface area contributed by atoms with Gasteiger partial charge >= 0.3 is 0 Å². The van der Waals surface area contributed by atoms with Crippen LogP contribution < -0.4 is 5.56 Å². The smallest absolute Gasteiger partial charge is 0.271 e. The second-order valence-electron chi connectivity index (χ2n) is 3.82. The summed E-state index contributed by atoms with van der Waals surface area (Å²) in [6, 6.07) is 10.9. The molecule has 0 bridgehead atoms. The van der Waals surface area contributed by atoms with Gasteiger partial charge in [0.1, 0.15) is 5.69 Å². The van der Waals surface area contributed by atoms with Crippen molar-refractivity contribution < 1.29 is 4.79 Å². The molecule has 1 amide bonds. The number of aromatic nitrogens is 2.